The van der Waals surface area contributed by atoms with Gasteiger partial charge in [0.1, 0.15) is 0 Å². The molecule has 0 heterocycles. The van der Waals surface area contributed by atoms with Crippen molar-refractivity contribution in [2.75, 3.05) is 3.11 Å². The van der Waals surface area contributed by atoms with Crippen molar-refractivity contribution in [2.24, 2.45) is 0 Å². The predicted octanol–water partition coefficient (Wildman–Crippen LogP) is 4.17. The molecule has 0 aliphatic rings. The summed E-state index contributed by atoms with van der Waals surface area (Å²) in [4.78, 5) is 0. The van der Waals surface area contributed by atoms with Gasteiger partial charge in [-0.3, -0.25) is 3.11 Å². The van der Waals surface area contributed by atoms with E-state index >= 15 is 0 Å². The first kappa shape index (κ1) is 9.52. The van der Waals surface area contributed by atoms with Crippen LogP contribution in [0, 0.1) is 0 Å². The lowest BCUT2D eigenvalue weighted by Gasteiger charge is -2.16. The largest absolute Gasteiger partial charge is 0.283 e. The Hall–Kier alpha value is -1.03. The monoisotopic (exact) mass is 295 g/mol. The van der Waals surface area contributed by atoms with E-state index in [1.54, 1.807) is 0 Å². The molecule has 0 spiro atoms. The van der Waals surface area contributed by atoms with Gasteiger partial charge >= 0.3 is 0 Å². The van der Waals surface area contributed by atoms with Crippen molar-refractivity contribution in [1.29, 1.82) is 0 Å². The lowest BCUT2D eigenvalue weighted by atomic mass is 10.3. The molecule has 70 valence electrons. The molecular formula is C12H10IN. The summed E-state index contributed by atoms with van der Waals surface area (Å²) in [5, 5.41) is 0. The van der Waals surface area contributed by atoms with E-state index in [0.29, 0.717) is 0 Å². The number of anilines is 2. The molecule has 0 saturated heterocycles. The first-order valence-electron chi connectivity index (χ1n) is 4.44. The zero-order valence-electron chi connectivity index (χ0n) is 7.60. The van der Waals surface area contributed by atoms with Gasteiger partial charge in [-0.25, -0.2) is 0 Å². The van der Waals surface area contributed by atoms with Crippen LogP contribution in [0.5, 0.6) is 0 Å². The molecule has 0 N–H and O–H groups in total. The van der Waals surface area contributed by atoms with Crippen molar-refractivity contribution in [3.05, 3.63) is 60.7 Å². The predicted molar refractivity (Wildman–Crippen MR) is 69.0 cm³/mol. The molecule has 0 saturated carbocycles. The summed E-state index contributed by atoms with van der Waals surface area (Å²) >= 11 is 2.31. The zero-order valence-corrected chi connectivity index (χ0v) is 9.76. The average molecular weight is 295 g/mol. The summed E-state index contributed by atoms with van der Waals surface area (Å²) in [7, 11) is 0. The van der Waals surface area contributed by atoms with Gasteiger partial charge in [0.2, 0.25) is 0 Å². The second-order valence-corrected chi connectivity index (χ2v) is 3.92. The van der Waals surface area contributed by atoms with E-state index in [2.05, 4.69) is 50.2 Å². The topological polar surface area (TPSA) is 3.24 Å². The second kappa shape index (κ2) is 4.46. The maximum atomic E-state index is 2.31. The molecule has 0 fully saturated rings. The quantitative estimate of drug-likeness (QED) is 0.593. The summed E-state index contributed by atoms with van der Waals surface area (Å²) < 4.78 is 2.14. The van der Waals surface area contributed by atoms with Crippen LogP contribution in [-0.2, 0) is 0 Å². The maximum absolute atomic E-state index is 2.31. The van der Waals surface area contributed by atoms with Crippen LogP contribution in [0.2, 0.25) is 0 Å². The van der Waals surface area contributed by atoms with E-state index in [4.69, 9.17) is 0 Å². The molecule has 2 aromatic rings. The Morgan fingerprint density at radius 3 is 1.36 bits per heavy atom. The summed E-state index contributed by atoms with van der Waals surface area (Å²) in [6, 6.07) is 20.6. The van der Waals surface area contributed by atoms with Crippen LogP contribution in [0.1, 0.15) is 0 Å². The number of para-hydroxylation sites is 2. The Labute approximate surface area is 97.9 Å². The minimum atomic E-state index is 1.19. The molecular weight excluding hydrogens is 285 g/mol. The molecule has 0 aromatic heterocycles. The van der Waals surface area contributed by atoms with Crippen molar-refractivity contribution in [2.45, 2.75) is 0 Å². The lowest BCUT2D eigenvalue weighted by Crippen LogP contribution is -1.99. The van der Waals surface area contributed by atoms with Crippen molar-refractivity contribution in [3.8, 4) is 0 Å². The Balaban J connectivity index is 2.30. The molecule has 2 heteroatoms. The maximum Gasteiger partial charge on any atom is 0.0646 e. The van der Waals surface area contributed by atoms with Crippen LogP contribution in [-0.4, -0.2) is 0 Å². The summed E-state index contributed by atoms with van der Waals surface area (Å²) in [5.41, 5.74) is 2.39. The first-order valence-corrected chi connectivity index (χ1v) is 5.40. The highest BCUT2D eigenvalue weighted by molar-refractivity contribution is 14.1. The molecule has 0 unspecified atom stereocenters. The van der Waals surface area contributed by atoms with Gasteiger partial charge < -0.3 is 0 Å². The van der Waals surface area contributed by atoms with E-state index in [1.165, 1.54) is 11.4 Å². The van der Waals surface area contributed by atoms with Crippen LogP contribution in [0.4, 0.5) is 11.4 Å². The molecule has 0 bridgehead atoms. The molecule has 2 aromatic carbocycles. The first-order chi connectivity index (χ1) is 6.88. The number of hydrogen-bond acceptors (Lipinski definition) is 1. The minimum absolute atomic E-state index is 1.19. The fourth-order valence-corrected chi connectivity index (χ4v) is 1.91. The Kier molecular flexibility index (Phi) is 3.03. The number of hydrogen-bond donors (Lipinski definition) is 0. The Morgan fingerprint density at radius 2 is 1.00 bits per heavy atom. The van der Waals surface area contributed by atoms with Crippen LogP contribution in [0.3, 0.4) is 0 Å². The van der Waals surface area contributed by atoms with Gasteiger partial charge in [-0.2, -0.15) is 0 Å². The zero-order chi connectivity index (χ0) is 9.80. The SMILES string of the molecule is IN(c1ccccc1)c1ccccc1. The smallest absolute Gasteiger partial charge is 0.0646 e. The average Bonchev–Trinajstić information content (AvgIpc) is 2.30. The van der Waals surface area contributed by atoms with Crippen LogP contribution in [0.15, 0.2) is 60.7 Å². The number of rotatable bonds is 2. The highest BCUT2D eigenvalue weighted by Crippen LogP contribution is 2.28. The van der Waals surface area contributed by atoms with Gasteiger partial charge in [0, 0.05) is 0 Å². The molecule has 0 amide bonds. The van der Waals surface area contributed by atoms with E-state index in [1.807, 2.05) is 36.4 Å². The Morgan fingerprint density at radius 1 is 0.643 bits per heavy atom. The van der Waals surface area contributed by atoms with Crippen LogP contribution in [0.25, 0.3) is 0 Å². The van der Waals surface area contributed by atoms with E-state index in [-0.39, 0.29) is 0 Å². The Bertz CT molecular complexity index is 346. The third-order valence-electron chi connectivity index (χ3n) is 1.97. The molecule has 2 rings (SSSR count). The minimum Gasteiger partial charge on any atom is -0.283 e. The molecule has 0 aliphatic carbocycles. The summed E-state index contributed by atoms with van der Waals surface area (Å²) in [6.07, 6.45) is 0. The van der Waals surface area contributed by atoms with Crippen molar-refractivity contribution >= 4 is 34.2 Å². The van der Waals surface area contributed by atoms with Crippen molar-refractivity contribution < 1.29 is 0 Å². The summed E-state index contributed by atoms with van der Waals surface area (Å²) in [5.74, 6) is 0. The van der Waals surface area contributed by atoms with Crippen molar-refractivity contribution in [3.63, 3.8) is 0 Å². The fraction of sp³-hybridized carbons (Fsp3) is 0. The van der Waals surface area contributed by atoms with Gasteiger partial charge in [0.05, 0.1) is 34.2 Å². The summed E-state index contributed by atoms with van der Waals surface area (Å²) in [6.45, 7) is 0. The molecule has 0 aliphatic heterocycles. The van der Waals surface area contributed by atoms with Crippen molar-refractivity contribution in [1.82, 2.24) is 0 Å². The van der Waals surface area contributed by atoms with Gasteiger partial charge in [0.15, 0.2) is 0 Å². The van der Waals surface area contributed by atoms with Crippen LogP contribution >= 0.6 is 22.9 Å². The number of halogens is 1. The van der Waals surface area contributed by atoms with Gasteiger partial charge in [-0.05, 0) is 24.3 Å². The van der Waals surface area contributed by atoms with E-state index in [9.17, 15) is 0 Å². The standard InChI is InChI=1S/C12H10IN/c13-14(11-7-3-1-4-8-11)12-9-5-2-6-10-12/h1-10H. The third kappa shape index (κ3) is 2.07. The molecule has 0 radical (unpaired) electrons. The number of benzene rings is 2. The second-order valence-electron chi connectivity index (χ2n) is 2.95. The highest BCUT2D eigenvalue weighted by Gasteiger charge is 2.02. The van der Waals surface area contributed by atoms with E-state index < -0.39 is 0 Å². The van der Waals surface area contributed by atoms with Gasteiger partial charge in [0.25, 0.3) is 0 Å². The molecule has 1 nitrogen and oxygen atoms in total. The van der Waals surface area contributed by atoms with Crippen LogP contribution < -0.4 is 3.11 Å². The highest BCUT2D eigenvalue weighted by atomic mass is 127. The van der Waals surface area contributed by atoms with Gasteiger partial charge in [-0.1, -0.05) is 36.4 Å². The lowest BCUT2D eigenvalue weighted by molar-refractivity contribution is 1.47. The normalized spacial score (nSPS) is 9.79. The fourth-order valence-electron chi connectivity index (χ4n) is 1.27. The van der Waals surface area contributed by atoms with Gasteiger partial charge in [-0.15, -0.1) is 0 Å². The number of nitrogens with zero attached hydrogens (tertiary/aromatic N) is 1. The molecule has 14 heavy (non-hydrogen) atoms. The third-order valence-corrected chi connectivity index (χ3v) is 3.08. The van der Waals surface area contributed by atoms with E-state index in [0.717, 1.165) is 0 Å². The molecule has 0 atom stereocenters.